The standard InChI is InChI=1S/C27H24ClF4N7O/c28-18-11-16(40)10-17(20(18)27(30,31)32)22-21(29)23-24(37-36-22)25(39-13-14-9-15(39)12-33-14)35-19(34-23)3-6-26-4-1-7-38(26)8-2-5-26/h10-11,14-15,33,40H,1-2,4-5,7-9,12-13H2/t14-,15-/m0/s1. The van der Waals surface area contributed by atoms with Gasteiger partial charge in [-0.2, -0.15) is 13.2 Å². The molecule has 2 atom stereocenters. The van der Waals surface area contributed by atoms with Gasteiger partial charge in [-0.1, -0.05) is 17.5 Å². The highest BCUT2D eigenvalue weighted by atomic mass is 35.5. The van der Waals surface area contributed by atoms with Crippen LogP contribution in [0.15, 0.2) is 12.1 Å². The molecule has 2 N–H and O–H groups in total. The van der Waals surface area contributed by atoms with Gasteiger partial charge < -0.3 is 15.3 Å². The lowest BCUT2D eigenvalue weighted by Crippen LogP contribution is -2.44. The van der Waals surface area contributed by atoms with Crippen molar-refractivity contribution < 1.29 is 22.7 Å². The summed E-state index contributed by atoms with van der Waals surface area (Å²) in [7, 11) is 0. The number of fused-ring (bicyclic) bond motifs is 4. The summed E-state index contributed by atoms with van der Waals surface area (Å²) < 4.78 is 58.0. The van der Waals surface area contributed by atoms with Gasteiger partial charge in [0, 0.05) is 30.7 Å². The average Bonchev–Trinajstić information content (AvgIpc) is 3.68. The molecule has 13 heteroatoms. The SMILES string of the molecule is Oc1cc(Cl)c(C(F)(F)F)c(-c2nnc3c(N4C[C@@H]5C[C@H]4CN5)nc(C#CC45CCCN4CCC5)nc3c2F)c1. The molecule has 3 aromatic rings. The molecule has 0 radical (unpaired) electrons. The van der Waals surface area contributed by atoms with Gasteiger partial charge in [0.25, 0.3) is 0 Å². The van der Waals surface area contributed by atoms with Crippen LogP contribution >= 0.6 is 11.6 Å². The monoisotopic (exact) mass is 573 g/mol. The average molecular weight is 574 g/mol. The summed E-state index contributed by atoms with van der Waals surface area (Å²) in [4.78, 5) is 13.4. The molecule has 0 unspecified atom stereocenters. The number of phenols is 1. The molecule has 4 aliphatic rings. The predicted molar refractivity (Wildman–Crippen MR) is 139 cm³/mol. The molecule has 7 rings (SSSR count). The van der Waals surface area contributed by atoms with E-state index >= 15 is 4.39 Å². The van der Waals surface area contributed by atoms with E-state index in [1.54, 1.807) is 0 Å². The summed E-state index contributed by atoms with van der Waals surface area (Å²) in [6, 6.07) is 1.87. The fraction of sp³-hybridized carbons (Fsp3) is 0.481. The van der Waals surface area contributed by atoms with Crippen LogP contribution in [0.3, 0.4) is 0 Å². The molecule has 0 spiro atoms. The van der Waals surface area contributed by atoms with Gasteiger partial charge in [-0.15, -0.1) is 10.2 Å². The molecule has 8 nitrogen and oxygen atoms in total. The van der Waals surface area contributed by atoms with E-state index < -0.39 is 39.6 Å². The summed E-state index contributed by atoms with van der Waals surface area (Å²) >= 11 is 5.85. The zero-order valence-corrected chi connectivity index (χ0v) is 21.9. The Labute approximate surface area is 231 Å². The number of piperazine rings is 1. The minimum atomic E-state index is -4.94. The number of halogens is 5. The third-order valence-corrected chi connectivity index (χ3v) is 8.82. The highest BCUT2D eigenvalue weighted by molar-refractivity contribution is 6.32. The quantitative estimate of drug-likeness (QED) is 0.349. The van der Waals surface area contributed by atoms with Crippen LogP contribution in [0.4, 0.5) is 23.4 Å². The number of anilines is 1. The molecular weight excluding hydrogens is 550 g/mol. The lowest BCUT2D eigenvalue weighted by Gasteiger charge is -2.29. The number of nitrogens with one attached hydrogen (secondary N) is 1. The van der Waals surface area contributed by atoms with Crippen molar-refractivity contribution in [2.75, 3.05) is 31.1 Å². The molecule has 0 aliphatic carbocycles. The molecule has 40 heavy (non-hydrogen) atoms. The van der Waals surface area contributed by atoms with Crippen LogP contribution in [-0.4, -0.2) is 74.0 Å². The Morgan fingerprint density at radius 1 is 1.10 bits per heavy atom. The van der Waals surface area contributed by atoms with Crippen molar-refractivity contribution >= 4 is 28.5 Å². The smallest absolute Gasteiger partial charge is 0.418 e. The maximum absolute atomic E-state index is 16.2. The van der Waals surface area contributed by atoms with Gasteiger partial charge in [-0.25, -0.2) is 14.4 Å². The molecule has 6 heterocycles. The largest absolute Gasteiger partial charge is 0.508 e. The molecule has 0 amide bonds. The summed E-state index contributed by atoms with van der Waals surface area (Å²) in [5.74, 6) is 5.19. The van der Waals surface area contributed by atoms with E-state index in [1.807, 2.05) is 4.90 Å². The number of nitrogens with zero attached hydrogens (tertiary/aromatic N) is 6. The van der Waals surface area contributed by atoms with Gasteiger partial charge in [0.05, 0.1) is 16.1 Å². The number of benzene rings is 1. The molecule has 4 fully saturated rings. The molecule has 4 aliphatic heterocycles. The third-order valence-electron chi connectivity index (χ3n) is 8.52. The number of aromatic hydroxyl groups is 1. The topological polar surface area (TPSA) is 90.3 Å². The van der Waals surface area contributed by atoms with E-state index in [1.165, 1.54) is 0 Å². The summed E-state index contributed by atoms with van der Waals surface area (Å²) in [5, 5.41) is 20.6. The summed E-state index contributed by atoms with van der Waals surface area (Å²) in [6.45, 7) is 3.29. The lowest BCUT2D eigenvalue weighted by atomic mass is 9.95. The first-order chi connectivity index (χ1) is 19.1. The molecule has 4 saturated heterocycles. The van der Waals surface area contributed by atoms with E-state index in [-0.39, 0.29) is 34.5 Å². The molecule has 2 aromatic heterocycles. The predicted octanol–water partition coefficient (Wildman–Crippen LogP) is 4.13. The van der Waals surface area contributed by atoms with Crippen LogP contribution in [0.25, 0.3) is 22.3 Å². The fourth-order valence-corrected chi connectivity index (χ4v) is 7.06. The van der Waals surface area contributed by atoms with E-state index in [0.717, 1.165) is 63.9 Å². The van der Waals surface area contributed by atoms with Gasteiger partial charge in [0.2, 0.25) is 5.82 Å². The number of hydrogen-bond acceptors (Lipinski definition) is 8. The van der Waals surface area contributed by atoms with E-state index in [2.05, 4.69) is 42.2 Å². The number of phenolic OH excluding ortho intramolecular Hbond substituents is 1. The van der Waals surface area contributed by atoms with Gasteiger partial charge in [0.1, 0.15) is 17.0 Å². The van der Waals surface area contributed by atoms with Gasteiger partial charge in [0.15, 0.2) is 17.2 Å². The number of hydrogen-bond donors (Lipinski definition) is 2. The minimum Gasteiger partial charge on any atom is -0.508 e. The first-order valence-corrected chi connectivity index (χ1v) is 13.6. The van der Waals surface area contributed by atoms with Crippen molar-refractivity contribution in [2.24, 2.45) is 0 Å². The first kappa shape index (κ1) is 25.7. The van der Waals surface area contributed by atoms with Crippen LogP contribution in [0.5, 0.6) is 5.75 Å². The van der Waals surface area contributed by atoms with Crippen molar-refractivity contribution in [3.05, 3.63) is 34.4 Å². The Morgan fingerprint density at radius 2 is 1.88 bits per heavy atom. The number of alkyl halides is 3. The third kappa shape index (κ3) is 4.05. The van der Waals surface area contributed by atoms with Crippen molar-refractivity contribution in [2.45, 2.75) is 55.9 Å². The summed E-state index contributed by atoms with van der Waals surface area (Å²) in [5.41, 5.74) is -3.26. The fourth-order valence-electron chi connectivity index (χ4n) is 6.74. The van der Waals surface area contributed by atoms with Crippen LogP contribution in [0.1, 0.15) is 43.5 Å². The Bertz CT molecular complexity index is 1590. The molecule has 1 aromatic carbocycles. The highest BCUT2D eigenvalue weighted by Crippen LogP contribution is 2.44. The second-order valence-corrected chi connectivity index (χ2v) is 11.3. The lowest BCUT2D eigenvalue weighted by molar-refractivity contribution is -0.137. The van der Waals surface area contributed by atoms with Crippen LogP contribution in [-0.2, 0) is 6.18 Å². The molecule has 2 bridgehead atoms. The van der Waals surface area contributed by atoms with E-state index in [4.69, 9.17) is 11.6 Å². The number of rotatable bonds is 2. The zero-order valence-electron chi connectivity index (χ0n) is 21.2. The molecule has 208 valence electrons. The molecular formula is C27H24ClF4N7O. The second kappa shape index (κ2) is 9.12. The van der Waals surface area contributed by atoms with E-state index in [9.17, 15) is 18.3 Å². The van der Waals surface area contributed by atoms with Gasteiger partial charge in [-0.3, -0.25) is 4.90 Å². The Balaban J connectivity index is 1.42. The first-order valence-electron chi connectivity index (χ1n) is 13.3. The Kier molecular flexibility index (Phi) is 5.86. The normalized spacial score (nSPS) is 23.6. The Hall–Kier alpha value is -3.27. The van der Waals surface area contributed by atoms with Crippen LogP contribution in [0, 0.1) is 17.7 Å². The number of aromatic nitrogens is 4. The zero-order chi connectivity index (χ0) is 27.8. The highest BCUT2D eigenvalue weighted by Gasteiger charge is 2.43. The van der Waals surface area contributed by atoms with Crippen molar-refractivity contribution in [3.8, 4) is 28.8 Å². The van der Waals surface area contributed by atoms with Gasteiger partial charge >= 0.3 is 6.18 Å². The van der Waals surface area contributed by atoms with Crippen LogP contribution in [0.2, 0.25) is 5.02 Å². The van der Waals surface area contributed by atoms with Gasteiger partial charge in [-0.05, 0) is 63.2 Å². The van der Waals surface area contributed by atoms with E-state index in [0.29, 0.717) is 12.4 Å². The second-order valence-electron chi connectivity index (χ2n) is 10.9. The maximum Gasteiger partial charge on any atom is 0.418 e. The van der Waals surface area contributed by atoms with Crippen molar-refractivity contribution in [1.29, 1.82) is 0 Å². The van der Waals surface area contributed by atoms with Crippen LogP contribution < -0.4 is 10.2 Å². The van der Waals surface area contributed by atoms with Crippen molar-refractivity contribution in [3.63, 3.8) is 0 Å². The van der Waals surface area contributed by atoms with Crippen molar-refractivity contribution in [1.82, 2.24) is 30.4 Å². The Morgan fingerprint density at radius 3 is 2.55 bits per heavy atom. The molecule has 0 saturated carbocycles. The minimum absolute atomic E-state index is 0.0423. The summed E-state index contributed by atoms with van der Waals surface area (Å²) in [6.07, 6.45) is -0.0930. The maximum atomic E-state index is 16.2.